The summed E-state index contributed by atoms with van der Waals surface area (Å²) in [6.07, 6.45) is 2.39. The maximum atomic E-state index is 6.04. The van der Waals surface area contributed by atoms with Crippen LogP contribution >= 0.6 is 0 Å². The van der Waals surface area contributed by atoms with Crippen LogP contribution < -0.4 is 5.32 Å². The van der Waals surface area contributed by atoms with E-state index in [2.05, 4.69) is 38.2 Å². The molecule has 1 saturated heterocycles. The van der Waals surface area contributed by atoms with E-state index < -0.39 is 0 Å². The first-order valence-electron chi connectivity index (χ1n) is 7.88. The number of ether oxygens (including phenoxy) is 1. The van der Waals surface area contributed by atoms with Crippen molar-refractivity contribution < 1.29 is 9.15 Å². The van der Waals surface area contributed by atoms with E-state index in [1.807, 2.05) is 18.2 Å². The first kappa shape index (κ1) is 14.6. The standard InChI is InChI=1S/C18H25NO2/c1-18(2,3)19-12-14-8-6-10-20-17(14)16-11-13-7-4-5-9-15(13)21-16/h4-5,7,9,11,14,17,19H,6,8,10,12H2,1-3H3. The highest BCUT2D eigenvalue weighted by Crippen LogP contribution is 2.36. The van der Waals surface area contributed by atoms with Crippen LogP contribution in [0.5, 0.6) is 0 Å². The van der Waals surface area contributed by atoms with Crippen LogP contribution in [0, 0.1) is 5.92 Å². The van der Waals surface area contributed by atoms with Gasteiger partial charge in [0.05, 0.1) is 0 Å². The Kier molecular flexibility index (Phi) is 4.05. The van der Waals surface area contributed by atoms with Gasteiger partial charge in [-0.1, -0.05) is 18.2 Å². The minimum atomic E-state index is 0.0704. The van der Waals surface area contributed by atoms with Crippen LogP contribution in [-0.4, -0.2) is 18.7 Å². The number of hydrogen-bond acceptors (Lipinski definition) is 3. The van der Waals surface area contributed by atoms with Crippen LogP contribution in [0.3, 0.4) is 0 Å². The summed E-state index contributed by atoms with van der Waals surface area (Å²) >= 11 is 0. The molecule has 0 radical (unpaired) electrons. The third-order valence-corrected chi connectivity index (χ3v) is 4.06. The average molecular weight is 287 g/mol. The molecule has 3 heteroatoms. The summed E-state index contributed by atoms with van der Waals surface area (Å²) in [5.74, 6) is 1.44. The lowest BCUT2D eigenvalue weighted by Gasteiger charge is -2.33. The van der Waals surface area contributed by atoms with E-state index in [4.69, 9.17) is 9.15 Å². The van der Waals surface area contributed by atoms with E-state index >= 15 is 0 Å². The van der Waals surface area contributed by atoms with Crippen molar-refractivity contribution in [2.45, 2.75) is 45.3 Å². The average Bonchev–Trinajstić information content (AvgIpc) is 2.88. The van der Waals surface area contributed by atoms with Crippen molar-refractivity contribution in [1.29, 1.82) is 0 Å². The molecule has 0 amide bonds. The van der Waals surface area contributed by atoms with E-state index in [0.717, 1.165) is 36.3 Å². The zero-order chi connectivity index (χ0) is 14.9. The summed E-state index contributed by atoms with van der Waals surface area (Å²) in [5, 5.41) is 4.76. The molecule has 0 aliphatic carbocycles. The van der Waals surface area contributed by atoms with E-state index in [0.29, 0.717) is 5.92 Å². The molecule has 0 spiro atoms. The summed E-state index contributed by atoms with van der Waals surface area (Å²) in [5.41, 5.74) is 1.08. The second-order valence-corrected chi connectivity index (χ2v) is 7.01. The van der Waals surface area contributed by atoms with Gasteiger partial charge >= 0.3 is 0 Å². The number of nitrogens with one attached hydrogen (secondary N) is 1. The van der Waals surface area contributed by atoms with Crippen molar-refractivity contribution in [3.8, 4) is 0 Å². The summed E-state index contributed by atoms with van der Waals surface area (Å²) in [4.78, 5) is 0. The molecule has 21 heavy (non-hydrogen) atoms. The van der Waals surface area contributed by atoms with Crippen molar-refractivity contribution in [2.75, 3.05) is 13.2 Å². The van der Waals surface area contributed by atoms with Gasteiger partial charge in [0.1, 0.15) is 17.4 Å². The lowest BCUT2D eigenvalue weighted by atomic mass is 9.91. The molecule has 1 aliphatic heterocycles. The maximum absolute atomic E-state index is 6.04. The summed E-state index contributed by atoms with van der Waals surface area (Å²) in [7, 11) is 0. The van der Waals surface area contributed by atoms with Gasteiger partial charge in [0.25, 0.3) is 0 Å². The van der Waals surface area contributed by atoms with Crippen molar-refractivity contribution in [3.05, 3.63) is 36.1 Å². The fourth-order valence-corrected chi connectivity index (χ4v) is 2.95. The summed E-state index contributed by atoms with van der Waals surface area (Å²) in [6.45, 7) is 8.39. The molecule has 2 atom stereocenters. The zero-order valence-electron chi connectivity index (χ0n) is 13.2. The second-order valence-electron chi connectivity index (χ2n) is 7.01. The van der Waals surface area contributed by atoms with Crippen LogP contribution in [0.4, 0.5) is 0 Å². The Hall–Kier alpha value is -1.32. The second kappa shape index (κ2) is 5.82. The Morgan fingerprint density at radius 3 is 2.81 bits per heavy atom. The number of hydrogen-bond donors (Lipinski definition) is 1. The molecule has 1 aromatic carbocycles. The maximum Gasteiger partial charge on any atom is 0.134 e. The Labute approximate surface area is 126 Å². The Morgan fingerprint density at radius 1 is 1.24 bits per heavy atom. The summed E-state index contributed by atoms with van der Waals surface area (Å²) < 4.78 is 12.1. The molecular weight excluding hydrogens is 262 g/mol. The first-order chi connectivity index (χ1) is 10.0. The smallest absolute Gasteiger partial charge is 0.134 e. The molecule has 0 bridgehead atoms. The fraction of sp³-hybridized carbons (Fsp3) is 0.556. The molecule has 0 saturated carbocycles. The van der Waals surface area contributed by atoms with Crippen LogP contribution in [0.25, 0.3) is 11.0 Å². The quantitative estimate of drug-likeness (QED) is 0.914. The van der Waals surface area contributed by atoms with E-state index in [-0.39, 0.29) is 11.6 Å². The highest BCUT2D eigenvalue weighted by atomic mass is 16.5. The number of para-hydroxylation sites is 1. The molecule has 2 unspecified atom stereocenters. The molecule has 1 N–H and O–H groups in total. The number of furan rings is 1. The van der Waals surface area contributed by atoms with Crippen LogP contribution in [0.15, 0.2) is 34.7 Å². The number of rotatable bonds is 3. The minimum Gasteiger partial charge on any atom is -0.458 e. The van der Waals surface area contributed by atoms with Gasteiger partial charge in [-0.3, -0.25) is 0 Å². The van der Waals surface area contributed by atoms with Crippen LogP contribution in [-0.2, 0) is 4.74 Å². The van der Waals surface area contributed by atoms with E-state index in [9.17, 15) is 0 Å². The van der Waals surface area contributed by atoms with Gasteiger partial charge in [0.15, 0.2) is 0 Å². The lowest BCUT2D eigenvalue weighted by Crippen LogP contribution is -2.41. The zero-order valence-corrected chi connectivity index (χ0v) is 13.2. The van der Waals surface area contributed by atoms with Crippen molar-refractivity contribution in [2.24, 2.45) is 5.92 Å². The first-order valence-corrected chi connectivity index (χ1v) is 7.88. The molecule has 114 valence electrons. The van der Waals surface area contributed by atoms with Crippen molar-refractivity contribution >= 4 is 11.0 Å². The number of fused-ring (bicyclic) bond motifs is 1. The predicted molar refractivity (Wildman–Crippen MR) is 85.4 cm³/mol. The van der Waals surface area contributed by atoms with Gasteiger partial charge < -0.3 is 14.5 Å². The number of benzene rings is 1. The van der Waals surface area contributed by atoms with Gasteiger partial charge in [-0.15, -0.1) is 0 Å². The summed E-state index contributed by atoms with van der Waals surface area (Å²) in [6, 6.07) is 10.3. The molecule has 2 aromatic rings. The van der Waals surface area contributed by atoms with Gasteiger partial charge in [-0.05, 0) is 45.7 Å². The van der Waals surface area contributed by atoms with Gasteiger partial charge in [-0.2, -0.15) is 0 Å². The Balaban J connectivity index is 1.80. The highest BCUT2D eigenvalue weighted by Gasteiger charge is 2.30. The molecule has 1 fully saturated rings. The SMILES string of the molecule is CC(C)(C)NCC1CCCOC1c1cc2ccccc2o1. The highest BCUT2D eigenvalue weighted by molar-refractivity contribution is 5.77. The van der Waals surface area contributed by atoms with Gasteiger partial charge in [0.2, 0.25) is 0 Å². The van der Waals surface area contributed by atoms with E-state index in [1.54, 1.807) is 0 Å². The predicted octanol–water partition coefficient (Wildman–Crippen LogP) is 4.29. The van der Waals surface area contributed by atoms with Gasteiger partial charge in [0, 0.05) is 30.0 Å². The molecule has 2 heterocycles. The molecule has 1 aliphatic rings. The fourth-order valence-electron chi connectivity index (χ4n) is 2.95. The normalized spacial score (nSPS) is 23.6. The lowest BCUT2D eigenvalue weighted by molar-refractivity contribution is -0.0402. The van der Waals surface area contributed by atoms with Crippen molar-refractivity contribution in [1.82, 2.24) is 5.32 Å². The third-order valence-electron chi connectivity index (χ3n) is 4.06. The Bertz CT molecular complexity index is 564. The van der Waals surface area contributed by atoms with E-state index in [1.165, 1.54) is 6.42 Å². The minimum absolute atomic E-state index is 0.0704. The van der Waals surface area contributed by atoms with Crippen LogP contribution in [0.1, 0.15) is 45.5 Å². The molecule has 3 nitrogen and oxygen atoms in total. The van der Waals surface area contributed by atoms with Crippen LogP contribution in [0.2, 0.25) is 0 Å². The molecular formula is C18H25NO2. The monoisotopic (exact) mass is 287 g/mol. The van der Waals surface area contributed by atoms with Crippen molar-refractivity contribution in [3.63, 3.8) is 0 Å². The molecule has 3 rings (SSSR count). The third kappa shape index (κ3) is 3.47. The largest absolute Gasteiger partial charge is 0.458 e. The Morgan fingerprint density at radius 2 is 2.05 bits per heavy atom. The molecule has 1 aromatic heterocycles. The van der Waals surface area contributed by atoms with Gasteiger partial charge in [-0.25, -0.2) is 0 Å². The topological polar surface area (TPSA) is 34.4 Å².